The lowest BCUT2D eigenvalue weighted by atomic mass is 10.2. The molecule has 1 aromatic heterocycles. The molecule has 4 aromatic rings. The number of carbonyl (C=O) groups excluding carboxylic acids is 1. The highest BCUT2D eigenvalue weighted by molar-refractivity contribution is 7.90. The second-order valence-electron chi connectivity index (χ2n) is 7.65. The Morgan fingerprint density at radius 2 is 1.74 bits per heavy atom. The minimum Gasteiger partial charge on any atom is -0.493 e. The molecule has 1 N–H and O–H groups in total. The summed E-state index contributed by atoms with van der Waals surface area (Å²) in [5.41, 5.74) is 1.46. The summed E-state index contributed by atoms with van der Waals surface area (Å²) < 4.78 is 52.0. The van der Waals surface area contributed by atoms with Crippen molar-refractivity contribution in [3.8, 4) is 11.5 Å². The zero-order chi connectivity index (χ0) is 24.3. The number of nitrogens with zero attached hydrogens (tertiary/aromatic N) is 1. The van der Waals surface area contributed by atoms with Gasteiger partial charge < -0.3 is 19.4 Å². The minimum atomic E-state index is -3.80. The second-order valence-corrected chi connectivity index (χ2v) is 9.60. The van der Waals surface area contributed by atoms with Crippen LogP contribution in [0, 0.1) is 5.82 Å². The number of aromatic nitrogens is 1. The Hall–Kier alpha value is -3.85. The van der Waals surface area contributed by atoms with Gasteiger partial charge in [0, 0.05) is 28.9 Å². The number of fused-ring (bicyclic) bond motifs is 1. The lowest BCUT2D eigenvalue weighted by molar-refractivity contribution is -0.116. The zero-order valence-electron chi connectivity index (χ0n) is 18.6. The number of amides is 1. The molecule has 0 atom stereocenters. The van der Waals surface area contributed by atoms with Gasteiger partial charge in [-0.3, -0.25) is 4.79 Å². The van der Waals surface area contributed by atoms with Crippen molar-refractivity contribution >= 4 is 32.3 Å². The summed E-state index contributed by atoms with van der Waals surface area (Å²) in [4.78, 5) is 12.9. The average Bonchev–Trinajstić information content (AvgIpc) is 3.18. The lowest BCUT2D eigenvalue weighted by Crippen LogP contribution is -2.18. The normalized spacial score (nSPS) is 11.4. The first-order valence-electron chi connectivity index (χ1n) is 10.4. The molecule has 0 fully saturated rings. The van der Waals surface area contributed by atoms with Crippen LogP contribution in [0.15, 0.2) is 77.8 Å². The average molecular weight is 483 g/mol. The Morgan fingerprint density at radius 3 is 2.47 bits per heavy atom. The van der Waals surface area contributed by atoms with Crippen LogP contribution in [0.5, 0.6) is 11.5 Å². The van der Waals surface area contributed by atoms with Gasteiger partial charge >= 0.3 is 0 Å². The van der Waals surface area contributed by atoms with Crippen LogP contribution < -0.4 is 14.8 Å². The van der Waals surface area contributed by atoms with Crippen molar-refractivity contribution in [1.29, 1.82) is 0 Å². The van der Waals surface area contributed by atoms with Crippen molar-refractivity contribution < 1.29 is 27.1 Å². The van der Waals surface area contributed by atoms with E-state index in [1.54, 1.807) is 53.1 Å². The van der Waals surface area contributed by atoms with E-state index in [2.05, 4.69) is 5.32 Å². The topological polar surface area (TPSA) is 86.6 Å². The van der Waals surface area contributed by atoms with Gasteiger partial charge in [0.2, 0.25) is 5.91 Å². The van der Waals surface area contributed by atoms with E-state index in [4.69, 9.17) is 9.47 Å². The van der Waals surface area contributed by atoms with Gasteiger partial charge in [0.15, 0.2) is 21.3 Å². The number of methoxy groups -OCH3 is 2. The van der Waals surface area contributed by atoms with Crippen molar-refractivity contribution in [3.63, 3.8) is 0 Å². The summed E-state index contributed by atoms with van der Waals surface area (Å²) in [6, 6.07) is 17.4. The molecule has 0 aliphatic rings. The Morgan fingerprint density at radius 1 is 0.971 bits per heavy atom. The summed E-state index contributed by atoms with van der Waals surface area (Å²) in [7, 11) is -0.775. The standard InChI is InChI=1S/C25H23FN2O5S/c1-32-22-11-10-19(13-23(22)33-2)27-25(29)15-28-14-24(20-8-3-4-9-21(20)28)34(30,31)16-17-6-5-7-18(26)12-17/h3-14H,15-16H2,1-2H3,(H,27,29). The first kappa shape index (κ1) is 23.3. The van der Waals surface area contributed by atoms with E-state index in [0.717, 1.165) is 0 Å². The molecular weight excluding hydrogens is 459 g/mol. The Labute approximate surface area is 196 Å². The van der Waals surface area contributed by atoms with Gasteiger partial charge in [-0.15, -0.1) is 0 Å². The molecule has 34 heavy (non-hydrogen) atoms. The fourth-order valence-corrected chi connectivity index (χ4v) is 5.35. The van der Waals surface area contributed by atoms with Crippen LogP contribution in [0.25, 0.3) is 10.9 Å². The van der Waals surface area contributed by atoms with Crippen molar-refractivity contribution in [2.75, 3.05) is 19.5 Å². The third kappa shape index (κ3) is 4.89. The van der Waals surface area contributed by atoms with Crippen molar-refractivity contribution in [1.82, 2.24) is 4.57 Å². The molecule has 0 aliphatic heterocycles. The molecule has 0 aliphatic carbocycles. The second kappa shape index (κ2) is 9.56. The smallest absolute Gasteiger partial charge is 0.244 e. The van der Waals surface area contributed by atoms with E-state index >= 15 is 0 Å². The molecule has 176 valence electrons. The largest absolute Gasteiger partial charge is 0.493 e. The van der Waals surface area contributed by atoms with Gasteiger partial charge in [-0.2, -0.15) is 0 Å². The third-order valence-electron chi connectivity index (χ3n) is 5.31. The lowest BCUT2D eigenvalue weighted by Gasteiger charge is -2.11. The summed E-state index contributed by atoms with van der Waals surface area (Å²) in [5.74, 6) is -0.192. The predicted molar refractivity (Wildman–Crippen MR) is 127 cm³/mol. The summed E-state index contributed by atoms with van der Waals surface area (Å²) >= 11 is 0. The Kier molecular flexibility index (Phi) is 6.56. The van der Waals surface area contributed by atoms with Gasteiger partial charge in [0.05, 0.1) is 24.9 Å². The number of hydrogen-bond acceptors (Lipinski definition) is 5. The fourth-order valence-electron chi connectivity index (χ4n) is 3.78. The maximum Gasteiger partial charge on any atom is 0.244 e. The van der Waals surface area contributed by atoms with E-state index < -0.39 is 15.7 Å². The summed E-state index contributed by atoms with van der Waals surface area (Å²) in [6.45, 7) is -0.107. The molecule has 0 unspecified atom stereocenters. The Bertz CT molecular complexity index is 1460. The van der Waals surface area contributed by atoms with Gasteiger partial charge in [-0.1, -0.05) is 30.3 Å². The zero-order valence-corrected chi connectivity index (χ0v) is 19.4. The Balaban J connectivity index is 1.61. The number of sulfone groups is 1. The first-order valence-corrected chi connectivity index (χ1v) is 12.0. The highest BCUT2D eigenvalue weighted by Crippen LogP contribution is 2.30. The van der Waals surface area contributed by atoms with Crippen LogP contribution in [0.3, 0.4) is 0 Å². The number of halogens is 1. The van der Waals surface area contributed by atoms with Crippen molar-refractivity contribution in [3.05, 3.63) is 84.3 Å². The monoisotopic (exact) mass is 482 g/mol. The van der Waals surface area contributed by atoms with Crippen molar-refractivity contribution in [2.45, 2.75) is 17.2 Å². The van der Waals surface area contributed by atoms with Gasteiger partial charge in [0.1, 0.15) is 12.4 Å². The van der Waals surface area contributed by atoms with Crippen molar-refractivity contribution in [2.24, 2.45) is 0 Å². The molecule has 9 heteroatoms. The van der Waals surface area contributed by atoms with Crippen LogP contribution in [0.1, 0.15) is 5.56 Å². The van der Waals surface area contributed by atoms with Crippen LogP contribution >= 0.6 is 0 Å². The number of benzene rings is 3. The van der Waals surface area contributed by atoms with Crippen LogP contribution in [-0.4, -0.2) is 33.1 Å². The molecule has 0 bridgehead atoms. The SMILES string of the molecule is COc1ccc(NC(=O)Cn2cc(S(=O)(=O)Cc3cccc(F)c3)c3ccccc32)cc1OC. The number of ether oxygens (including phenoxy) is 2. The van der Waals surface area contributed by atoms with Crippen LogP contribution in [-0.2, 0) is 26.9 Å². The summed E-state index contributed by atoms with van der Waals surface area (Å²) in [6.07, 6.45) is 1.45. The first-order chi connectivity index (χ1) is 16.3. The van der Waals surface area contributed by atoms with Gasteiger partial charge in [-0.25, -0.2) is 12.8 Å². The molecule has 0 radical (unpaired) electrons. The number of nitrogens with one attached hydrogen (secondary N) is 1. The molecule has 0 saturated carbocycles. The highest BCUT2D eigenvalue weighted by Gasteiger charge is 2.22. The molecule has 4 rings (SSSR count). The molecule has 1 heterocycles. The van der Waals surface area contributed by atoms with E-state index in [0.29, 0.717) is 33.7 Å². The molecule has 1 amide bonds. The number of anilines is 1. The van der Waals surface area contributed by atoms with Gasteiger partial charge in [-0.05, 0) is 35.9 Å². The van der Waals surface area contributed by atoms with E-state index in [1.807, 2.05) is 0 Å². The highest BCUT2D eigenvalue weighted by atomic mass is 32.2. The van der Waals surface area contributed by atoms with Crippen LogP contribution in [0.2, 0.25) is 0 Å². The molecule has 0 saturated heterocycles. The molecule has 7 nitrogen and oxygen atoms in total. The summed E-state index contributed by atoms with van der Waals surface area (Å²) in [5, 5.41) is 3.29. The van der Waals surface area contributed by atoms with Gasteiger partial charge in [0.25, 0.3) is 0 Å². The predicted octanol–water partition coefficient (Wildman–Crippen LogP) is 4.41. The quantitative estimate of drug-likeness (QED) is 0.402. The molecule has 3 aromatic carbocycles. The maximum absolute atomic E-state index is 13.6. The number of rotatable bonds is 8. The van der Waals surface area contributed by atoms with E-state index in [-0.39, 0.29) is 23.1 Å². The maximum atomic E-state index is 13.6. The number of carbonyl (C=O) groups is 1. The number of para-hydroxylation sites is 1. The third-order valence-corrected chi connectivity index (χ3v) is 7.02. The fraction of sp³-hybridized carbons (Fsp3) is 0.160. The molecule has 0 spiro atoms. The molecular formula is C25H23FN2O5S. The minimum absolute atomic E-state index is 0.0891. The van der Waals surface area contributed by atoms with Crippen LogP contribution in [0.4, 0.5) is 10.1 Å². The number of hydrogen-bond donors (Lipinski definition) is 1. The van der Waals surface area contributed by atoms with E-state index in [9.17, 15) is 17.6 Å². The van der Waals surface area contributed by atoms with E-state index in [1.165, 1.54) is 38.6 Å².